The molecule has 1 unspecified atom stereocenters. The maximum absolute atomic E-state index is 12.7. The Labute approximate surface area is 192 Å². The highest BCUT2D eigenvalue weighted by molar-refractivity contribution is 6.34. The zero-order valence-electron chi connectivity index (χ0n) is 18.1. The average molecular weight is 460 g/mol. The Morgan fingerprint density at radius 2 is 1.81 bits per heavy atom. The number of nitrogens with zero attached hydrogens (tertiary/aromatic N) is 2. The Hall–Kier alpha value is -2.97. The van der Waals surface area contributed by atoms with Crippen molar-refractivity contribution in [1.82, 2.24) is 4.90 Å². The molecule has 1 amide bonds. The number of hydrogen-bond donors (Lipinski definition) is 1. The Balaban J connectivity index is 1.33. The zero-order chi connectivity index (χ0) is 22.7. The van der Waals surface area contributed by atoms with Crippen molar-refractivity contribution in [2.45, 2.75) is 13.0 Å². The number of carbonyl (C=O) groups excluding carboxylic acids is 2. The first-order valence-electron chi connectivity index (χ1n) is 10.5. The second kappa shape index (κ2) is 9.67. The molecule has 2 aromatic rings. The topological polar surface area (TPSA) is 80.3 Å². The lowest BCUT2D eigenvalue weighted by molar-refractivity contribution is -0.117. The van der Waals surface area contributed by atoms with Gasteiger partial charge in [0.1, 0.15) is 13.2 Å². The first-order valence-corrected chi connectivity index (χ1v) is 10.9. The van der Waals surface area contributed by atoms with Gasteiger partial charge in [0, 0.05) is 43.5 Å². The fourth-order valence-electron chi connectivity index (χ4n) is 3.92. The second-order valence-corrected chi connectivity index (χ2v) is 8.24. The number of nitrogens with one attached hydrogen (secondary N) is 1. The number of benzene rings is 2. The van der Waals surface area contributed by atoms with Gasteiger partial charge in [0.15, 0.2) is 11.5 Å². The Bertz CT molecular complexity index is 998. The molecule has 0 spiro atoms. The zero-order valence-corrected chi connectivity index (χ0v) is 18.9. The molecule has 2 aliphatic heterocycles. The number of piperazine rings is 1. The van der Waals surface area contributed by atoms with E-state index in [0.717, 1.165) is 25.3 Å². The molecule has 2 heterocycles. The van der Waals surface area contributed by atoms with Gasteiger partial charge in [-0.3, -0.25) is 9.69 Å². The van der Waals surface area contributed by atoms with Crippen LogP contribution in [-0.2, 0) is 9.53 Å². The van der Waals surface area contributed by atoms with Crippen molar-refractivity contribution in [2.75, 3.05) is 56.7 Å². The van der Waals surface area contributed by atoms with E-state index in [-0.39, 0.29) is 24.5 Å². The predicted octanol–water partition coefficient (Wildman–Crippen LogP) is 3.05. The molecule has 1 N–H and O–H groups in total. The number of esters is 1. The maximum atomic E-state index is 12.7. The summed E-state index contributed by atoms with van der Waals surface area (Å²) in [5.41, 5.74) is 2.08. The molecule has 32 heavy (non-hydrogen) atoms. The monoisotopic (exact) mass is 459 g/mol. The number of halogens is 1. The van der Waals surface area contributed by atoms with Gasteiger partial charge < -0.3 is 24.4 Å². The van der Waals surface area contributed by atoms with Gasteiger partial charge in [0.05, 0.1) is 29.9 Å². The van der Waals surface area contributed by atoms with E-state index >= 15 is 0 Å². The Morgan fingerprint density at radius 1 is 1.12 bits per heavy atom. The number of carbonyl (C=O) groups is 2. The van der Waals surface area contributed by atoms with E-state index in [1.165, 1.54) is 7.11 Å². The van der Waals surface area contributed by atoms with Gasteiger partial charge in [-0.25, -0.2) is 4.79 Å². The summed E-state index contributed by atoms with van der Waals surface area (Å²) < 4.78 is 15.8. The maximum Gasteiger partial charge on any atom is 0.337 e. The van der Waals surface area contributed by atoms with Gasteiger partial charge in [-0.1, -0.05) is 11.6 Å². The summed E-state index contributed by atoms with van der Waals surface area (Å²) in [6, 6.07) is 10.9. The van der Waals surface area contributed by atoms with Gasteiger partial charge in [-0.15, -0.1) is 0 Å². The number of hydrogen-bond acceptors (Lipinski definition) is 7. The Morgan fingerprint density at radius 3 is 2.47 bits per heavy atom. The lowest BCUT2D eigenvalue weighted by Crippen LogP contribution is -2.53. The number of fused-ring (bicyclic) bond motifs is 1. The molecule has 2 aromatic carbocycles. The van der Waals surface area contributed by atoms with Gasteiger partial charge in [-0.2, -0.15) is 0 Å². The van der Waals surface area contributed by atoms with Gasteiger partial charge in [0.25, 0.3) is 0 Å². The summed E-state index contributed by atoms with van der Waals surface area (Å²) >= 11 is 6.30. The lowest BCUT2D eigenvalue weighted by Gasteiger charge is -2.40. The minimum atomic E-state index is -0.348. The third-order valence-electron chi connectivity index (χ3n) is 5.67. The fraction of sp³-hybridized carbons (Fsp3) is 0.391. The summed E-state index contributed by atoms with van der Waals surface area (Å²) in [4.78, 5) is 28.7. The molecule has 0 radical (unpaired) electrons. The largest absolute Gasteiger partial charge is 0.486 e. The van der Waals surface area contributed by atoms with Gasteiger partial charge >= 0.3 is 5.97 Å². The van der Waals surface area contributed by atoms with Crippen LogP contribution in [0.4, 0.5) is 11.4 Å². The fourth-order valence-corrected chi connectivity index (χ4v) is 4.13. The summed E-state index contributed by atoms with van der Waals surface area (Å²) in [5, 5.41) is 3.30. The van der Waals surface area contributed by atoms with E-state index < -0.39 is 0 Å². The van der Waals surface area contributed by atoms with Crippen molar-refractivity contribution in [3.8, 4) is 11.5 Å². The lowest BCUT2D eigenvalue weighted by atomic mass is 10.1. The molecule has 0 saturated carbocycles. The van der Waals surface area contributed by atoms with Crippen molar-refractivity contribution < 1.29 is 23.8 Å². The van der Waals surface area contributed by atoms with Crippen LogP contribution >= 0.6 is 11.6 Å². The highest BCUT2D eigenvalue weighted by atomic mass is 35.5. The quantitative estimate of drug-likeness (QED) is 0.688. The number of ether oxygens (including phenoxy) is 3. The molecular weight excluding hydrogens is 434 g/mol. The first kappa shape index (κ1) is 22.2. The van der Waals surface area contributed by atoms with Crippen LogP contribution in [0.1, 0.15) is 17.3 Å². The van der Waals surface area contributed by atoms with E-state index in [1.54, 1.807) is 24.3 Å². The van der Waals surface area contributed by atoms with Crippen molar-refractivity contribution in [3.63, 3.8) is 0 Å². The van der Waals surface area contributed by atoms with Crippen molar-refractivity contribution in [2.24, 2.45) is 0 Å². The van der Waals surface area contributed by atoms with E-state index in [1.807, 2.05) is 12.1 Å². The van der Waals surface area contributed by atoms with Crippen LogP contribution in [0, 0.1) is 0 Å². The molecular formula is C23H26ClN3O5. The SMILES string of the molecule is COC(=O)c1ccc(N2CCN(CC(=O)Nc3cc4c(cc3Cl)OCCO4)C(C)C2)cc1. The molecule has 0 aromatic heterocycles. The van der Waals surface area contributed by atoms with Crippen molar-refractivity contribution in [1.29, 1.82) is 0 Å². The number of rotatable bonds is 5. The number of anilines is 2. The minimum Gasteiger partial charge on any atom is -0.486 e. The molecule has 170 valence electrons. The average Bonchev–Trinajstić information content (AvgIpc) is 2.80. The van der Waals surface area contributed by atoms with E-state index in [4.69, 9.17) is 25.8 Å². The summed E-state index contributed by atoms with van der Waals surface area (Å²) in [6.07, 6.45) is 0. The van der Waals surface area contributed by atoms with Gasteiger partial charge in [0.2, 0.25) is 5.91 Å². The molecule has 1 fully saturated rings. The molecule has 0 bridgehead atoms. The van der Waals surface area contributed by atoms with Crippen molar-refractivity contribution in [3.05, 3.63) is 47.0 Å². The van der Waals surface area contributed by atoms with Crippen LogP contribution in [0.2, 0.25) is 5.02 Å². The molecule has 2 aliphatic rings. The summed E-state index contributed by atoms with van der Waals surface area (Å²) in [7, 11) is 1.37. The van der Waals surface area contributed by atoms with Crippen LogP contribution in [-0.4, -0.2) is 69.3 Å². The van der Waals surface area contributed by atoms with Crippen LogP contribution in [0.5, 0.6) is 11.5 Å². The predicted molar refractivity (Wildman–Crippen MR) is 122 cm³/mol. The van der Waals surface area contributed by atoms with E-state index in [0.29, 0.717) is 41.0 Å². The third-order valence-corrected chi connectivity index (χ3v) is 5.98. The molecule has 8 nitrogen and oxygen atoms in total. The third kappa shape index (κ3) is 4.92. The highest BCUT2D eigenvalue weighted by Crippen LogP contribution is 2.38. The van der Waals surface area contributed by atoms with Gasteiger partial charge in [-0.05, 0) is 31.2 Å². The summed E-state index contributed by atoms with van der Waals surface area (Å²) in [6.45, 7) is 5.60. The molecule has 1 saturated heterocycles. The minimum absolute atomic E-state index is 0.133. The number of amides is 1. The number of methoxy groups -OCH3 is 1. The smallest absolute Gasteiger partial charge is 0.337 e. The van der Waals surface area contributed by atoms with E-state index in [9.17, 15) is 9.59 Å². The molecule has 9 heteroatoms. The molecule has 1 atom stereocenters. The van der Waals surface area contributed by atoms with Crippen LogP contribution in [0.3, 0.4) is 0 Å². The van der Waals surface area contributed by atoms with Crippen LogP contribution in [0.15, 0.2) is 36.4 Å². The van der Waals surface area contributed by atoms with Crippen LogP contribution < -0.4 is 19.7 Å². The normalized spacial score (nSPS) is 18.2. The second-order valence-electron chi connectivity index (χ2n) is 7.83. The summed E-state index contributed by atoms with van der Waals surface area (Å²) in [5.74, 6) is 0.685. The van der Waals surface area contributed by atoms with E-state index in [2.05, 4.69) is 22.0 Å². The molecule has 4 rings (SSSR count). The Kier molecular flexibility index (Phi) is 6.72. The van der Waals surface area contributed by atoms with Crippen molar-refractivity contribution >= 4 is 34.9 Å². The first-order chi connectivity index (χ1) is 15.4. The standard InChI is InChI=1S/C23H26ClN3O5/c1-15-13-27(17-5-3-16(4-6-17)23(29)30-2)8-7-26(15)14-22(28)25-19-12-21-20(11-18(19)24)31-9-10-32-21/h3-6,11-12,15H,7-10,13-14H2,1-2H3,(H,25,28). The highest BCUT2D eigenvalue weighted by Gasteiger charge is 2.26. The molecule has 0 aliphatic carbocycles. The van der Waals surface area contributed by atoms with Crippen LogP contribution in [0.25, 0.3) is 0 Å².